The first-order chi connectivity index (χ1) is 13.9. The minimum absolute atomic E-state index is 0.104. The van der Waals surface area contributed by atoms with Crippen LogP contribution in [0.3, 0.4) is 0 Å². The van der Waals surface area contributed by atoms with Crippen molar-refractivity contribution in [3.05, 3.63) is 23.8 Å². The highest BCUT2D eigenvalue weighted by Crippen LogP contribution is 2.69. The first-order valence-corrected chi connectivity index (χ1v) is 12.8. The molecule has 2 saturated heterocycles. The molecule has 0 radical (unpaired) electrons. The molecule has 2 aliphatic heterocycles. The van der Waals surface area contributed by atoms with Crippen LogP contribution in [0.15, 0.2) is 23.8 Å². The first-order valence-electron chi connectivity index (χ1n) is 12.8. The number of allylic oxidation sites excluding steroid dienone is 4. The summed E-state index contributed by atoms with van der Waals surface area (Å²) < 4.78 is 7.06. The molecule has 4 fully saturated rings. The third kappa shape index (κ3) is 2.42. The molecular formula is C27H42NO+. The van der Waals surface area contributed by atoms with E-state index in [1.165, 1.54) is 57.9 Å². The summed E-state index contributed by atoms with van der Waals surface area (Å²) >= 11 is 0. The van der Waals surface area contributed by atoms with Gasteiger partial charge in [0, 0.05) is 24.2 Å². The Labute approximate surface area is 177 Å². The molecule has 0 aromatic carbocycles. The number of quaternary nitrogens is 1. The van der Waals surface area contributed by atoms with E-state index in [1.54, 1.807) is 5.57 Å². The van der Waals surface area contributed by atoms with Crippen LogP contribution in [-0.4, -0.2) is 18.4 Å². The number of nitrogens with two attached hydrogens (primary N) is 1. The lowest BCUT2D eigenvalue weighted by molar-refractivity contribution is -0.786. The van der Waals surface area contributed by atoms with Crippen LogP contribution < -0.4 is 5.32 Å². The number of ether oxygens (including phenoxy) is 1. The van der Waals surface area contributed by atoms with Crippen molar-refractivity contribution in [2.45, 2.75) is 90.9 Å². The van der Waals surface area contributed by atoms with Crippen LogP contribution in [0.1, 0.15) is 79.1 Å². The molecule has 2 heterocycles. The van der Waals surface area contributed by atoms with Gasteiger partial charge in [0.2, 0.25) is 5.72 Å². The van der Waals surface area contributed by atoms with Crippen molar-refractivity contribution in [2.24, 2.45) is 46.3 Å². The fraction of sp³-hybridized carbons (Fsp3) is 0.852. The van der Waals surface area contributed by atoms with Gasteiger partial charge in [0.25, 0.3) is 0 Å². The van der Waals surface area contributed by atoms with Gasteiger partial charge in [-0.3, -0.25) is 0 Å². The number of piperidine rings is 1. The van der Waals surface area contributed by atoms with Crippen molar-refractivity contribution in [3.63, 3.8) is 0 Å². The fourth-order valence-corrected chi connectivity index (χ4v) is 9.65. The number of fused-ring (bicyclic) bond motifs is 7. The van der Waals surface area contributed by atoms with E-state index in [4.69, 9.17) is 4.74 Å². The van der Waals surface area contributed by atoms with Crippen molar-refractivity contribution in [2.75, 3.05) is 6.54 Å². The lowest BCUT2D eigenvalue weighted by atomic mass is 9.47. The van der Waals surface area contributed by atoms with Crippen molar-refractivity contribution in [1.29, 1.82) is 0 Å². The van der Waals surface area contributed by atoms with E-state index in [1.807, 2.05) is 0 Å². The molecule has 4 aliphatic carbocycles. The Balaban J connectivity index is 1.30. The van der Waals surface area contributed by atoms with E-state index in [0.29, 0.717) is 22.9 Å². The average molecular weight is 397 g/mol. The highest BCUT2D eigenvalue weighted by atomic mass is 16.5. The summed E-state index contributed by atoms with van der Waals surface area (Å²) in [5, 5.41) is 2.61. The van der Waals surface area contributed by atoms with E-state index in [0.717, 1.165) is 29.6 Å². The molecule has 2 N–H and O–H groups in total. The van der Waals surface area contributed by atoms with Gasteiger partial charge < -0.3 is 10.1 Å². The predicted octanol–water partition coefficient (Wildman–Crippen LogP) is 5.07. The minimum Gasteiger partial charge on any atom is -0.323 e. The summed E-state index contributed by atoms with van der Waals surface area (Å²) in [7, 11) is 0. The molecule has 29 heavy (non-hydrogen) atoms. The summed E-state index contributed by atoms with van der Waals surface area (Å²) in [5.41, 5.74) is 2.71. The highest BCUT2D eigenvalue weighted by Gasteiger charge is 2.69. The topological polar surface area (TPSA) is 25.8 Å². The molecule has 0 aromatic rings. The van der Waals surface area contributed by atoms with Crippen molar-refractivity contribution in [1.82, 2.24) is 0 Å². The van der Waals surface area contributed by atoms with E-state index in [2.05, 4.69) is 51.2 Å². The average Bonchev–Trinajstić information content (AvgIpc) is 3.15. The number of hydrogen-bond acceptors (Lipinski definition) is 1. The molecule has 2 heteroatoms. The molecule has 2 saturated carbocycles. The largest absolute Gasteiger partial charge is 0.323 e. The van der Waals surface area contributed by atoms with Gasteiger partial charge in [0.1, 0.15) is 0 Å². The Hall–Kier alpha value is -0.600. The van der Waals surface area contributed by atoms with Crippen LogP contribution in [-0.2, 0) is 4.74 Å². The van der Waals surface area contributed by atoms with Crippen LogP contribution in [0.4, 0.5) is 0 Å². The van der Waals surface area contributed by atoms with Crippen LogP contribution in [0, 0.1) is 46.3 Å². The van der Waals surface area contributed by atoms with E-state index in [-0.39, 0.29) is 5.72 Å². The molecule has 0 unspecified atom stereocenters. The summed E-state index contributed by atoms with van der Waals surface area (Å²) in [5.74, 6) is 5.00. The molecule has 6 aliphatic rings. The van der Waals surface area contributed by atoms with Crippen molar-refractivity contribution in [3.8, 4) is 0 Å². The van der Waals surface area contributed by atoms with Gasteiger partial charge in [0.05, 0.1) is 12.6 Å². The van der Waals surface area contributed by atoms with E-state index < -0.39 is 0 Å². The van der Waals surface area contributed by atoms with Crippen molar-refractivity contribution < 1.29 is 10.1 Å². The second-order valence-electron chi connectivity index (χ2n) is 12.4. The Morgan fingerprint density at radius 1 is 1.07 bits per heavy atom. The Morgan fingerprint density at radius 3 is 2.72 bits per heavy atom. The van der Waals surface area contributed by atoms with E-state index >= 15 is 0 Å². The molecule has 6 rings (SSSR count). The second kappa shape index (κ2) is 6.22. The number of hydrogen-bond donors (Lipinski definition) is 1. The second-order valence-corrected chi connectivity index (χ2v) is 12.4. The normalized spacial score (nSPS) is 58.3. The summed E-state index contributed by atoms with van der Waals surface area (Å²) in [6.45, 7) is 11.5. The summed E-state index contributed by atoms with van der Waals surface area (Å²) in [4.78, 5) is 0. The smallest absolute Gasteiger partial charge is 0.203 e. The number of rotatable bonds is 0. The molecule has 1 spiro atoms. The fourth-order valence-electron chi connectivity index (χ4n) is 9.65. The Morgan fingerprint density at radius 2 is 1.93 bits per heavy atom. The maximum atomic E-state index is 7.06. The zero-order valence-electron chi connectivity index (χ0n) is 19.1. The first kappa shape index (κ1) is 19.1. The molecule has 0 bridgehead atoms. The minimum atomic E-state index is 0.104. The summed E-state index contributed by atoms with van der Waals surface area (Å²) in [6, 6.07) is 0. The van der Waals surface area contributed by atoms with Gasteiger partial charge in [-0.15, -0.1) is 0 Å². The highest BCUT2D eigenvalue weighted by molar-refractivity contribution is 5.34. The van der Waals surface area contributed by atoms with Crippen molar-refractivity contribution >= 4 is 0 Å². The summed E-state index contributed by atoms with van der Waals surface area (Å²) in [6.07, 6.45) is 18.9. The predicted molar refractivity (Wildman–Crippen MR) is 117 cm³/mol. The molecule has 0 amide bonds. The van der Waals surface area contributed by atoms with Gasteiger partial charge in [0.15, 0.2) is 0 Å². The van der Waals surface area contributed by atoms with Crippen LogP contribution in [0.2, 0.25) is 0 Å². The molecule has 10 atom stereocenters. The zero-order valence-corrected chi connectivity index (χ0v) is 19.1. The van der Waals surface area contributed by atoms with Crippen LogP contribution >= 0.6 is 0 Å². The van der Waals surface area contributed by atoms with Crippen LogP contribution in [0.5, 0.6) is 0 Å². The lowest BCUT2D eigenvalue weighted by Crippen LogP contribution is -3.00. The van der Waals surface area contributed by atoms with Gasteiger partial charge in [-0.25, -0.2) is 0 Å². The molecule has 0 aromatic heterocycles. The Kier molecular flexibility index (Phi) is 4.10. The maximum absolute atomic E-state index is 7.06. The SMILES string of the molecule is C[C@@H]1CC[C@@]2([NH2+]C1)O[C@H]1C[C@@H]3[C@@H]4CC=C5C=CCC[C@]5(C)[C@@H]4CC[C@]3(C)[C@H]1[C@@H]2C. The third-order valence-corrected chi connectivity index (χ3v) is 11.3. The molecular weight excluding hydrogens is 354 g/mol. The lowest BCUT2D eigenvalue weighted by Gasteiger charge is -2.57. The van der Waals surface area contributed by atoms with E-state index in [9.17, 15) is 0 Å². The quantitative estimate of drug-likeness (QED) is 0.608. The van der Waals surface area contributed by atoms with Gasteiger partial charge in [-0.05, 0) is 79.1 Å². The standard InChI is InChI=1S/C27H41NO/c1-17-10-14-27(28-16-17)18(2)24-23(29-27)15-22-20-9-8-19-7-5-6-12-25(19,3)21(20)11-13-26(22,24)4/h5,7-8,17-18,20-24,28H,6,9-16H2,1-4H3/p+1/t17-,18+,20-,21-,22-,23+,24+,25+,26+,27-/m1/s1. The molecule has 160 valence electrons. The monoisotopic (exact) mass is 396 g/mol. The van der Waals surface area contributed by atoms with Gasteiger partial charge >= 0.3 is 0 Å². The molecule has 2 nitrogen and oxygen atoms in total. The van der Waals surface area contributed by atoms with Gasteiger partial charge in [-0.2, -0.15) is 0 Å². The zero-order chi connectivity index (χ0) is 20.0. The Bertz CT molecular complexity index is 746. The van der Waals surface area contributed by atoms with Gasteiger partial charge in [-0.1, -0.05) is 45.9 Å². The third-order valence-electron chi connectivity index (χ3n) is 11.3. The maximum Gasteiger partial charge on any atom is 0.203 e. The van der Waals surface area contributed by atoms with Crippen LogP contribution in [0.25, 0.3) is 0 Å².